The average molecular weight is 330 g/mol. The van der Waals surface area contributed by atoms with Gasteiger partial charge in [0.05, 0.1) is 12.0 Å². The van der Waals surface area contributed by atoms with E-state index in [1.807, 2.05) is 24.3 Å². The summed E-state index contributed by atoms with van der Waals surface area (Å²) in [6.07, 6.45) is 2.49. The van der Waals surface area contributed by atoms with Crippen molar-refractivity contribution < 1.29 is 14.3 Å². The first-order valence-electron chi connectivity index (χ1n) is 8.83. The van der Waals surface area contributed by atoms with E-state index in [9.17, 15) is 9.59 Å². The number of anilines is 1. The van der Waals surface area contributed by atoms with Crippen molar-refractivity contribution in [3.63, 3.8) is 0 Å². The molecule has 0 aromatic heterocycles. The van der Waals surface area contributed by atoms with Gasteiger partial charge < -0.3 is 15.0 Å². The Morgan fingerprint density at radius 2 is 2.17 bits per heavy atom. The summed E-state index contributed by atoms with van der Waals surface area (Å²) >= 11 is 0. The molecule has 0 bridgehead atoms. The largest absolute Gasteiger partial charge is 0.376 e. The lowest BCUT2D eigenvalue weighted by atomic mass is 10.0. The first-order valence-corrected chi connectivity index (χ1v) is 8.83. The van der Waals surface area contributed by atoms with Crippen molar-refractivity contribution in [2.24, 2.45) is 5.92 Å². The second-order valence-electron chi connectivity index (χ2n) is 7.07. The number of rotatable bonds is 5. The van der Waals surface area contributed by atoms with Gasteiger partial charge in [-0.1, -0.05) is 32.0 Å². The monoisotopic (exact) mass is 330 g/mol. The molecular weight excluding hydrogens is 304 g/mol. The summed E-state index contributed by atoms with van der Waals surface area (Å²) in [5.74, 6) is 0.0518. The minimum Gasteiger partial charge on any atom is -0.376 e. The fraction of sp³-hybridized carbons (Fsp3) is 0.579. The third kappa shape index (κ3) is 3.78. The van der Waals surface area contributed by atoms with Crippen molar-refractivity contribution in [2.75, 3.05) is 25.0 Å². The quantitative estimate of drug-likeness (QED) is 0.903. The smallest absolute Gasteiger partial charge is 0.229 e. The van der Waals surface area contributed by atoms with Crippen LogP contribution in [0.5, 0.6) is 0 Å². The molecule has 1 aromatic carbocycles. The number of benzene rings is 1. The molecule has 3 rings (SSSR count). The summed E-state index contributed by atoms with van der Waals surface area (Å²) in [4.78, 5) is 26.6. The number of ether oxygens (including phenoxy) is 1. The molecule has 2 aliphatic rings. The minimum atomic E-state index is -0.279. The summed E-state index contributed by atoms with van der Waals surface area (Å²) in [7, 11) is 0. The molecule has 2 atom stereocenters. The average Bonchev–Trinajstić information content (AvgIpc) is 3.18. The maximum atomic E-state index is 12.6. The Morgan fingerprint density at radius 3 is 2.88 bits per heavy atom. The number of nitrogens with one attached hydrogen (secondary N) is 1. The predicted molar refractivity (Wildman–Crippen MR) is 92.8 cm³/mol. The van der Waals surface area contributed by atoms with Crippen molar-refractivity contribution in [3.8, 4) is 0 Å². The predicted octanol–water partition coefficient (Wildman–Crippen LogP) is 2.78. The van der Waals surface area contributed by atoms with Crippen LogP contribution in [-0.2, 0) is 14.3 Å². The number of para-hydroxylation sites is 1. The van der Waals surface area contributed by atoms with Gasteiger partial charge in [-0.3, -0.25) is 9.59 Å². The van der Waals surface area contributed by atoms with Crippen molar-refractivity contribution >= 4 is 17.5 Å². The van der Waals surface area contributed by atoms with Crippen LogP contribution in [0.15, 0.2) is 24.3 Å². The van der Waals surface area contributed by atoms with Crippen molar-refractivity contribution in [2.45, 2.75) is 45.1 Å². The first kappa shape index (κ1) is 17.0. The number of hydrogen-bond acceptors (Lipinski definition) is 3. The zero-order valence-electron chi connectivity index (χ0n) is 14.5. The third-order valence-corrected chi connectivity index (χ3v) is 4.87. The van der Waals surface area contributed by atoms with Crippen molar-refractivity contribution in [1.29, 1.82) is 0 Å². The number of nitrogens with zero attached hydrogens (tertiary/aromatic N) is 1. The van der Waals surface area contributed by atoms with E-state index < -0.39 is 0 Å². The van der Waals surface area contributed by atoms with E-state index in [1.54, 1.807) is 4.90 Å². The van der Waals surface area contributed by atoms with E-state index in [2.05, 4.69) is 19.2 Å². The van der Waals surface area contributed by atoms with Gasteiger partial charge in [0.25, 0.3) is 0 Å². The molecule has 130 valence electrons. The summed E-state index contributed by atoms with van der Waals surface area (Å²) in [5.41, 5.74) is 1.97. The molecule has 2 amide bonds. The zero-order valence-corrected chi connectivity index (χ0v) is 14.5. The summed E-state index contributed by atoms with van der Waals surface area (Å²) in [5, 5.41) is 3.02. The molecule has 5 nitrogen and oxygen atoms in total. The summed E-state index contributed by atoms with van der Waals surface area (Å²) in [6.45, 7) is 6.10. The van der Waals surface area contributed by atoms with Crippen LogP contribution in [0.4, 0.5) is 5.69 Å². The molecule has 2 fully saturated rings. The molecule has 24 heavy (non-hydrogen) atoms. The molecule has 0 aliphatic carbocycles. The van der Waals surface area contributed by atoms with E-state index in [1.165, 1.54) is 0 Å². The molecule has 2 saturated heterocycles. The number of hydrogen-bond donors (Lipinski definition) is 1. The Morgan fingerprint density at radius 1 is 1.38 bits per heavy atom. The molecule has 1 aromatic rings. The number of amides is 2. The van der Waals surface area contributed by atoms with Crippen LogP contribution in [-0.4, -0.2) is 42.5 Å². The Hall–Kier alpha value is -1.88. The Kier molecular flexibility index (Phi) is 5.19. The van der Waals surface area contributed by atoms with Crippen LogP contribution in [0.3, 0.4) is 0 Å². The molecule has 1 N–H and O–H groups in total. The van der Waals surface area contributed by atoms with Crippen LogP contribution in [0.25, 0.3) is 0 Å². The minimum absolute atomic E-state index is 0.0581. The van der Waals surface area contributed by atoms with E-state index in [0.29, 0.717) is 25.4 Å². The standard InChI is InChI=1S/C19H26N2O3/c1-13(2)16-7-3-4-8-17(16)20-19(23)14-10-18(22)21(11-14)12-15-6-5-9-24-15/h3-4,7-8,13-15H,5-6,9-12H2,1-2H3,(H,20,23). The van der Waals surface area contributed by atoms with Gasteiger partial charge in [-0.2, -0.15) is 0 Å². The van der Waals surface area contributed by atoms with Gasteiger partial charge >= 0.3 is 0 Å². The van der Waals surface area contributed by atoms with Gasteiger partial charge in [0, 0.05) is 31.8 Å². The third-order valence-electron chi connectivity index (χ3n) is 4.87. The zero-order chi connectivity index (χ0) is 17.1. The molecule has 0 radical (unpaired) electrons. The summed E-state index contributed by atoms with van der Waals surface area (Å²) < 4.78 is 5.60. The van der Waals surface area contributed by atoms with Gasteiger partial charge in [0.2, 0.25) is 11.8 Å². The molecule has 2 aliphatic heterocycles. The van der Waals surface area contributed by atoms with E-state index in [-0.39, 0.29) is 23.8 Å². The van der Waals surface area contributed by atoms with Gasteiger partial charge in [-0.05, 0) is 30.4 Å². The van der Waals surface area contributed by atoms with E-state index >= 15 is 0 Å². The Labute approximate surface area is 143 Å². The molecular formula is C19H26N2O3. The highest BCUT2D eigenvalue weighted by Gasteiger charge is 2.36. The van der Waals surface area contributed by atoms with Crippen LogP contribution in [0, 0.1) is 5.92 Å². The number of carbonyl (C=O) groups is 2. The van der Waals surface area contributed by atoms with Gasteiger partial charge in [0.1, 0.15) is 0 Å². The highest BCUT2D eigenvalue weighted by atomic mass is 16.5. The first-order chi connectivity index (χ1) is 11.5. The lowest BCUT2D eigenvalue weighted by Crippen LogP contribution is -2.34. The number of carbonyl (C=O) groups excluding carboxylic acids is 2. The summed E-state index contributed by atoms with van der Waals surface area (Å²) in [6, 6.07) is 7.86. The van der Waals surface area contributed by atoms with Crippen molar-refractivity contribution in [3.05, 3.63) is 29.8 Å². The SMILES string of the molecule is CC(C)c1ccccc1NC(=O)C1CC(=O)N(CC2CCCO2)C1. The van der Waals surface area contributed by atoms with E-state index in [4.69, 9.17) is 4.74 Å². The lowest BCUT2D eigenvalue weighted by Gasteiger charge is -2.20. The molecule has 0 saturated carbocycles. The van der Waals surface area contributed by atoms with E-state index in [0.717, 1.165) is 30.7 Å². The molecule has 0 spiro atoms. The van der Waals surface area contributed by atoms with Gasteiger partial charge in [0.15, 0.2) is 0 Å². The second kappa shape index (κ2) is 7.34. The Bertz CT molecular complexity index is 608. The lowest BCUT2D eigenvalue weighted by molar-refractivity contribution is -0.129. The fourth-order valence-corrected chi connectivity index (χ4v) is 3.51. The molecule has 2 unspecified atom stereocenters. The van der Waals surface area contributed by atoms with Crippen molar-refractivity contribution in [1.82, 2.24) is 4.90 Å². The fourth-order valence-electron chi connectivity index (χ4n) is 3.51. The molecule has 2 heterocycles. The highest BCUT2D eigenvalue weighted by Crippen LogP contribution is 2.26. The van der Waals surface area contributed by atoms with Crippen LogP contribution in [0.1, 0.15) is 44.6 Å². The highest BCUT2D eigenvalue weighted by molar-refractivity contribution is 5.97. The van der Waals surface area contributed by atoms with Gasteiger partial charge in [-0.15, -0.1) is 0 Å². The maximum Gasteiger partial charge on any atom is 0.229 e. The topological polar surface area (TPSA) is 58.6 Å². The van der Waals surface area contributed by atoms with Crippen LogP contribution >= 0.6 is 0 Å². The van der Waals surface area contributed by atoms with Gasteiger partial charge in [-0.25, -0.2) is 0 Å². The maximum absolute atomic E-state index is 12.6. The van der Waals surface area contributed by atoms with Crippen LogP contribution < -0.4 is 5.32 Å². The number of likely N-dealkylation sites (tertiary alicyclic amines) is 1. The molecule has 5 heteroatoms. The Balaban J connectivity index is 1.61. The second-order valence-corrected chi connectivity index (χ2v) is 7.07. The normalized spacial score (nSPS) is 24.0. The van der Waals surface area contributed by atoms with Crippen LogP contribution in [0.2, 0.25) is 0 Å².